The van der Waals surface area contributed by atoms with Gasteiger partial charge in [-0.25, -0.2) is 0 Å². The van der Waals surface area contributed by atoms with Crippen molar-refractivity contribution < 1.29 is 68.6 Å². The number of ether oxygens (including phenoxy) is 3. The van der Waals surface area contributed by atoms with Gasteiger partial charge >= 0.3 is 0 Å². The summed E-state index contributed by atoms with van der Waals surface area (Å²) in [6, 6.07) is 38.6. The number of hydroxylamine groups is 4. The molecule has 6 aliphatic carbocycles. The van der Waals surface area contributed by atoms with Crippen LogP contribution in [0.1, 0.15) is 130 Å². The summed E-state index contributed by atoms with van der Waals surface area (Å²) < 4.78 is 17.6. The van der Waals surface area contributed by atoms with Crippen LogP contribution in [0.3, 0.4) is 0 Å². The van der Waals surface area contributed by atoms with Crippen molar-refractivity contribution in [2.24, 2.45) is 58.2 Å². The molecule has 9 N–H and O–H groups in total. The second-order valence-electron chi connectivity index (χ2n) is 34.8. The second kappa shape index (κ2) is 36.8. The van der Waals surface area contributed by atoms with Crippen LogP contribution in [0.4, 0.5) is 5.69 Å². The standard InChI is InChI=1S/C46H65N5O7.C44H60N4O7/c1-27-38-22-33(46(38,3)4)23-39(27)48-45(55)42-41(28(2)53)40(26-52)58-51(42)24-30-14-12-16-37(43(30)57-10)31-19-32(21-35(20-31)50(7)8)44(54)47-34(25-49(5)6)17-29-13-11-15-36(18-29)56-9;1-26-36-20-33(44(36,3)4)21-37(26)46-43(53)40-39(27(2)51)38(25-50)55-48(40)22-30-14-11-15-35(41(30)54-7)31-16-29(24-49)17-32(19-31)42(52)45-34(23-47(5)6)18-28-12-9-8-10-13-28/h11-16,18-21,27-28,33-34,38-42,52-53H,17,22-26H2,1-10H3,(H,47,54)(H,48,55);8-17,19,26-27,33-34,36-40,49-51H,18,20-25H2,1-7H3,(H,45,52)(H,46,53)/t27-,28-,33+,34-,38-,39-,40-,41-,42-;26-,27-,33+,34-,36-,37-,38-,39-,40?/m00/s1. The molecule has 8 fully saturated rings. The number of hydrogen-bond donors (Lipinski definition) is 9. The van der Waals surface area contributed by atoms with Crippen molar-refractivity contribution in [1.29, 1.82) is 0 Å². The van der Waals surface area contributed by atoms with E-state index < -0.39 is 48.3 Å². The Morgan fingerprint density at radius 2 is 0.973 bits per heavy atom. The van der Waals surface area contributed by atoms with Crippen molar-refractivity contribution in [3.8, 4) is 39.5 Å². The maximum Gasteiger partial charge on any atom is 0.251 e. The van der Waals surface area contributed by atoms with Crippen LogP contribution in [0, 0.1) is 58.2 Å². The van der Waals surface area contributed by atoms with E-state index in [1.807, 2.05) is 155 Å². The molecule has 1 unspecified atom stereocenters. The maximum atomic E-state index is 14.3. The topological polar surface area (TPSA) is 280 Å². The Kier molecular flexibility index (Phi) is 28.0. The van der Waals surface area contributed by atoms with Crippen LogP contribution in [-0.2, 0) is 51.8 Å². The summed E-state index contributed by atoms with van der Waals surface area (Å²) >= 11 is 0. The van der Waals surface area contributed by atoms with Crippen LogP contribution < -0.4 is 40.4 Å². The third-order valence-electron chi connectivity index (χ3n) is 25.9. The molecule has 6 aromatic carbocycles. The van der Waals surface area contributed by atoms with Crippen LogP contribution in [0.2, 0.25) is 0 Å². The third-order valence-corrected chi connectivity index (χ3v) is 25.9. The van der Waals surface area contributed by atoms with E-state index in [0.717, 1.165) is 52.1 Å². The van der Waals surface area contributed by atoms with Crippen LogP contribution in [0.25, 0.3) is 22.3 Å². The minimum absolute atomic E-state index is 0.0218. The van der Waals surface area contributed by atoms with E-state index in [-0.39, 0.29) is 91.5 Å². The lowest BCUT2D eigenvalue weighted by molar-refractivity contribution is -0.183. The normalized spacial score (nSPS) is 26.5. The molecule has 0 radical (unpaired) electrons. The SMILES string of the molecule is COc1c(CN2O[C@@H](CO)[C@H]([C@H](C)O)C2C(=O)N[C@H]2C[C@H]3C[C@@H]([C@@H]2C)C3(C)C)cccc1-c1cc(CO)cc(C(=O)N[C@@H](Cc2ccccc2)CN(C)C)c1.COc1cccc(C[C@@H](CN(C)C)NC(=O)c2cc(-c3cccc(CN4O[C@@H](CO)[C@H]([C@H](C)O)[C@H]4C(=O)N[C@H]4C[C@H]5C[C@@H]([C@@H]4C)C5(C)C)c3OC)cc(N(C)C)c2)c1. The Hall–Kier alpha value is -8.04. The molecule has 18 atom stereocenters. The number of rotatable bonds is 31. The highest BCUT2D eigenvalue weighted by Crippen LogP contribution is 2.62. The number of likely N-dealkylation sites (N-methyl/N-ethyl adjacent to an activating group) is 2. The van der Waals surface area contributed by atoms with Crippen molar-refractivity contribution in [2.45, 2.75) is 174 Å². The molecule has 23 heteroatoms. The summed E-state index contributed by atoms with van der Waals surface area (Å²) in [5, 5.41) is 69.3. The van der Waals surface area contributed by atoms with E-state index in [1.54, 1.807) is 57.4 Å². The highest BCUT2D eigenvalue weighted by atomic mass is 16.7. The zero-order valence-electron chi connectivity index (χ0n) is 69.4. The van der Waals surface area contributed by atoms with Crippen LogP contribution in [-0.4, -0.2) is 220 Å². The Labute approximate surface area is 668 Å². The molecule has 2 saturated heterocycles. The predicted octanol–water partition coefficient (Wildman–Crippen LogP) is 9.42. The number of hydrogen-bond acceptors (Lipinski definition) is 19. The number of amides is 4. The van der Waals surface area contributed by atoms with E-state index >= 15 is 0 Å². The molecule has 6 aromatic rings. The molecule has 0 spiro atoms. The van der Waals surface area contributed by atoms with Gasteiger partial charge in [-0.3, -0.25) is 28.9 Å². The van der Waals surface area contributed by atoms with Gasteiger partial charge in [0.05, 0.1) is 66.4 Å². The van der Waals surface area contributed by atoms with Crippen molar-refractivity contribution >= 4 is 29.3 Å². The molecule has 6 saturated carbocycles. The number of carbonyl (C=O) groups excluding carboxylic acids is 4. The lowest BCUT2D eigenvalue weighted by Crippen LogP contribution is -2.62. The second-order valence-corrected chi connectivity index (χ2v) is 34.8. The lowest BCUT2D eigenvalue weighted by Gasteiger charge is -2.62. The molecule has 4 bridgehead atoms. The number of fused-ring (bicyclic) bond motifs is 4. The molecule has 0 aromatic heterocycles. The van der Waals surface area contributed by atoms with Gasteiger partial charge in [0.15, 0.2) is 0 Å². The van der Waals surface area contributed by atoms with E-state index in [4.69, 9.17) is 23.9 Å². The lowest BCUT2D eigenvalue weighted by atomic mass is 9.45. The Morgan fingerprint density at radius 3 is 1.38 bits per heavy atom. The van der Waals surface area contributed by atoms with Crippen LogP contribution >= 0.6 is 0 Å². The molecule has 8 aliphatic rings. The number of aliphatic hydroxyl groups excluding tert-OH is 5. The number of benzene rings is 6. The van der Waals surface area contributed by atoms with Gasteiger partial charge in [0.1, 0.15) is 41.5 Å². The third kappa shape index (κ3) is 19.1. The Balaban J connectivity index is 0.000000223. The smallest absolute Gasteiger partial charge is 0.251 e. The predicted molar refractivity (Wildman–Crippen MR) is 439 cm³/mol. The zero-order valence-corrected chi connectivity index (χ0v) is 69.4. The maximum absolute atomic E-state index is 14.3. The van der Waals surface area contributed by atoms with Gasteiger partial charge in [-0.05, 0) is 203 Å². The highest BCUT2D eigenvalue weighted by molar-refractivity contribution is 5.98. The first-order valence-electron chi connectivity index (χ1n) is 40.3. The molecule has 23 nitrogen and oxygen atoms in total. The number of anilines is 1. The van der Waals surface area contributed by atoms with Crippen molar-refractivity contribution in [2.75, 3.05) is 94.8 Å². The fourth-order valence-electron chi connectivity index (χ4n) is 19.6. The summed E-state index contributed by atoms with van der Waals surface area (Å²) in [7, 11) is 16.6. The molecule has 2 aliphatic heterocycles. The highest BCUT2D eigenvalue weighted by Gasteiger charge is 2.59. The zero-order chi connectivity index (χ0) is 81.7. The monoisotopic (exact) mass is 1560 g/mol. The molecular weight excluding hydrogens is 1430 g/mol. The largest absolute Gasteiger partial charge is 0.497 e. The molecule has 614 valence electrons. The summed E-state index contributed by atoms with van der Waals surface area (Å²) in [4.78, 5) is 75.2. The Bertz CT molecular complexity index is 4250. The van der Waals surface area contributed by atoms with Gasteiger partial charge in [0.2, 0.25) is 11.8 Å². The number of nitrogens with one attached hydrogen (secondary N) is 4. The first-order valence-corrected chi connectivity index (χ1v) is 40.3. The van der Waals surface area contributed by atoms with Crippen molar-refractivity contribution in [3.05, 3.63) is 166 Å². The van der Waals surface area contributed by atoms with E-state index in [2.05, 4.69) is 79.8 Å². The van der Waals surface area contributed by atoms with Gasteiger partial charge in [0, 0.05) is 102 Å². The molecular formula is C90H125N9O14. The van der Waals surface area contributed by atoms with Crippen LogP contribution in [0.15, 0.2) is 127 Å². The number of methoxy groups -OCH3 is 3. The van der Waals surface area contributed by atoms with E-state index in [0.29, 0.717) is 106 Å². The van der Waals surface area contributed by atoms with Gasteiger partial charge in [-0.2, -0.15) is 10.1 Å². The number of nitrogens with zero attached hydrogens (tertiary/aromatic N) is 5. The van der Waals surface area contributed by atoms with E-state index in [9.17, 15) is 44.7 Å². The quantitative estimate of drug-likeness (QED) is 0.0196. The molecule has 113 heavy (non-hydrogen) atoms. The van der Waals surface area contributed by atoms with Gasteiger partial charge in [-0.1, -0.05) is 120 Å². The minimum atomic E-state index is -0.918. The average molecular weight is 1560 g/mol. The summed E-state index contributed by atoms with van der Waals surface area (Å²) in [5.74, 6) is 2.54. The fraction of sp³-hybridized carbons (Fsp3) is 0.556. The van der Waals surface area contributed by atoms with Gasteiger partial charge < -0.3 is 75.7 Å². The average Bonchev–Trinajstić information content (AvgIpc) is 1.42. The van der Waals surface area contributed by atoms with Crippen molar-refractivity contribution in [1.82, 2.24) is 41.2 Å². The number of aliphatic hydroxyl groups is 5. The first-order chi connectivity index (χ1) is 53.8. The molecule has 14 rings (SSSR count). The fourth-order valence-corrected chi connectivity index (χ4v) is 19.6. The van der Waals surface area contributed by atoms with E-state index in [1.165, 1.54) is 12.8 Å². The summed E-state index contributed by atoms with van der Waals surface area (Å²) in [6.07, 6.45) is 2.15. The van der Waals surface area contributed by atoms with Gasteiger partial charge in [0.25, 0.3) is 11.8 Å². The first kappa shape index (κ1) is 85.8. The molecule has 4 amide bonds. The summed E-state index contributed by atoms with van der Waals surface area (Å²) in [6.45, 7) is 17.7. The minimum Gasteiger partial charge on any atom is -0.497 e. The number of para-hydroxylation sites is 2. The number of carbonyl (C=O) groups is 4. The summed E-state index contributed by atoms with van der Waals surface area (Å²) in [5.41, 5.74) is 9.46. The molecule has 2 heterocycles. The van der Waals surface area contributed by atoms with Crippen LogP contribution in [0.5, 0.6) is 17.2 Å². The Morgan fingerprint density at radius 1 is 0.531 bits per heavy atom. The van der Waals surface area contributed by atoms with Crippen molar-refractivity contribution in [3.63, 3.8) is 0 Å². The van der Waals surface area contributed by atoms with Gasteiger partial charge in [-0.15, -0.1) is 0 Å².